The van der Waals surface area contributed by atoms with E-state index in [1.54, 1.807) is 0 Å². The van der Waals surface area contributed by atoms with Crippen molar-refractivity contribution < 1.29 is 31.1 Å². The van der Waals surface area contributed by atoms with Crippen LogP contribution in [0.3, 0.4) is 0 Å². The van der Waals surface area contributed by atoms with Crippen LogP contribution >= 0.6 is 0 Å². The van der Waals surface area contributed by atoms with Gasteiger partial charge in [0, 0.05) is 42.8 Å². The quantitative estimate of drug-likeness (QED) is 0.364. The van der Waals surface area contributed by atoms with Gasteiger partial charge in [-0.1, -0.05) is 12.1 Å². The van der Waals surface area contributed by atoms with Crippen LogP contribution in [0.5, 0.6) is 0 Å². The van der Waals surface area contributed by atoms with Crippen molar-refractivity contribution in [1.82, 2.24) is 25.3 Å². The predicted octanol–water partition coefficient (Wildman–Crippen LogP) is 5.16. The Morgan fingerprint density at radius 3 is 2.25 bits per heavy atom. The minimum absolute atomic E-state index is 0.104. The topological polar surface area (TPSA) is 92.7 Å². The lowest BCUT2D eigenvalue weighted by atomic mass is 10.0. The van der Waals surface area contributed by atoms with E-state index in [0.717, 1.165) is 6.07 Å². The summed E-state index contributed by atoms with van der Waals surface area (Å²) < 4.78 is 79.6. The molecule has 1 amide bonds. The molecule has 7 nitrogen and oxygen atoms in total. The highest BCUT2D eigenvalue weighted by Gasteiger charge is 2.35. The summed E-state index contributed by atoms with van der Waals surface area (Å²) in [7, 11) is 1.38. The summed E-state index contributed by atoms with van der Waals surface area (Å²) in [6, 6.07) is 6.73. The zero-order chi connectivity index (χ0) is 26.1. The molecule has 0 aliphatic rings. The SMILES string of the molecule is CNC(=O)Cc1cnc(-c2ccc3c(Nc4ncc(C(F)(F)F)cn4)ccnc3c2)c(C(F)(F)F)c1. The third-order valence-corrected chi connectivity index (χ3v) is 5.14. The molecule has 36 heavy (non-hydrogen) atoms. The lowest BCUT2D eigenvalue weighted by molar-refractivity contribution is -0.138. The number of alkyl halides is 6. The van der Waals surface area contributed by atoms with Crippen LogP contribution in [0.1, 0.15) is 16.7 Å². The molecule has 0 unspecified atom stereocenters. The van der Waals surface area contributed by atoms with Gasteiger partial charge in [0.1, 0.15) is 0 Å². The summed E-state index contributed by atoms with van der Waals surface area (Å²) in [6.45, 7) is 0. The van der Waals surface area contributed by atoms with Crippen molar-refractivity contribution in [3.63, 3.8) is 0 Å². The maximum atomic E-state index is 13.8. The molecule has 13 heteroatoms. The molecule has 0 saturated heterocycles. The Morgan fingerprint density at radius 2 is 1.61 bits per heavy atom. The van der Waals surface area contributed by atoms with Crippen LogP contribution < -0.4 is 10.6 Å². The first-order valence-corrected chi connectivity index (χ1v) is 10.3. The average molecular weight is 506 g/mol. The average Bonchev–Trinajstić information content (AvgIpc) is 2.83. The van der Waals surface area contributed by atoms with Crippen LogP contribution in [0.15, 0.2) is 55.1 Å². The minimum atomic E-state index is -4.73. The standard InChI is InChI=1S/C23H16F6N6O/c1-30-19(36)7-12-6-16(23(27,28)29)20(32-9-12)13-2-3-15-17(4-5-31-18(15)8-13)35-21-33-10-14(11-34-21)22(24,25)26/h2-6,8-11H,7H2,1H3,(H,30,36)(H,31,33,34,35). The first-order valence-electron chi connectivity index (χ1n) is 10.3. The number of halogens is 6. The van der Waals surface area contributed by atoms with Crippen molar-refractivity contribution in [2.24, 2.45) is 0 Å². The van der Waals surface area contributed by atoms with Crippen molar-refractivity contribution in [2.45, 2.75) is 18.8 Å². The van der Waals surface area contributed by atoms with E-state index in [0.29, 0.717) is 29.0 Å². The van der Waals surface area contributed by atoms with E-state index >= 15 is 0 Å². The van der Waals surface area contributed by atoms with Crippen LogP contribution in [0.2, 0.25) is 0 Å². The maximum absolute atomic E-state index is 13.8. The summed E-state index contributed by atoms with van der Waals surface area (Å²) in [4.78, 5) is 27.1. The third-order valence-electron chi connectivity index (χ3n) is 5.14. The fourth-order valence-electron chi connectivity index (χ4n) is 3.39. The Balaban J connectivity index is 1.70. The van der Waals surface area contributed by atoms with Crippen LogP contribution in [-0.4, -0.2) is 32.9 Å². The molecule has 186 valence electrons. The van der Waals surface area contributed by atoms with Crippen LogP contribution in [0.25, 0.3) is 22.2 Å². The van der Waals surface area contributed by atoms with E-state index in [9.17, 15) is 31.1 Å². The number of rotatable bonds is 5. The number of pyridine rings is 2. The van der Waals surface area contributed by atoms with Crippen molar-refractivity contribution in [1.29, 1.82) is 0 Å². The first-order chi connectivity index (χ1) is 17.0. The van der Waals surface area contributed by atoms with E-state index in [4.69, 9.17) is 0 Å². The first kappa shape index (κ1) is 24.8. The van der Waals surface area contributed by atoms with Gasteiger partial charge in [-0.05, 0) is 23.8 Å². The van der Waals surface area contributed by atoms with Crippen molar-refractivity contribution in [3.05, 3.63) is 71.8 Å². The molecule has 0 fully saturated rings. The molecule has 1 aromatic carbocycles. The summed E-state index contributed by atoms with van der Waals surface area (Å²) in [5.41, 5.74) is -1.42. The number of amides is 1. The summed E-state index contributed by atoms with van der Waals surface area (Å²) >= 11 is 0. The minimum Gasteiger partial charge on any atom is -0.359 e. The largest absolute Gasteiger partial charge is 0.419 e. The van der Waals surface area contributed by atoms with Gasteiger partial charge in [0.05, 0.1) is 34.4 Å². The molecule has 0 saturated carbocycles. The molecule has 2 N–H and O–H groups in total. The zero-order valence-corrected chi connectivity index (χ0v) is 18.4. The number of carbonyl (C=O) groups excluding carboxylic acids is 1. The molecular weight excluding hydrogens is 490 g/mol. The van der Waals surface area contributed by atoms with Crippen LogP contribution in [0, 0.1) is 0 Å². The molecule has 0 aliphatic heterocycles. The van der Waals surface area contributed by atoms with E-state index in [1.807, 2.05) is 0 Å². The molecule has 3 aromatic heterocycles. The van der Waals surface area contributed by atoms with Gasteiger partial charge in [0.2, 0.25) is 11.9 Å². The van der Waals surface area contributed by atoms with E-state index in [-0.39, 0.29) is 29.2 Å². The monoisotopic (exact) mass is 506 g/mol. The Bertz CT molecular complexity index is 1420. The van der Waals surface area contributed by atoms with Crippen molar-refractivity contribution >= 4 is 28.4 Å². The second-order valence-electron chi connectivity index (χ2n) is 7.60. The molecule has 0 aliphatic carbocycles. The second-order valence-corrected chi connectivity index (χ2v) is 7.60. The third kappa shape index (κ3) is 5.34. The van der Waals surface area contributed by atoms with E-state index < -0.39 is 29.4 Å². The molecular formula is C23H16F6N6O. The zero-order valence-electron chi connectivity index (χ0n) is 18.4. The van der Waals surface area contributed by atoms with E-state index in [1.165, 1.54) is 43.7 Å². The number of nitrogens with zero attached hydrogens (tertiary/aromatic N) is 4. The van der Waals surface area contributed by atoms with Crippen LogP contribution in [-0.2, 0) is 23.6 Å². The molecule has 4 aromatic rings. The second kappa shape index (κ2) is 9.40. The molecule has 0 spiro atoms. The van der Waals surface area contributed by atoms with E-state index in [2.05, 4.69) is 30.6 Å². The number of carbonyl (C=O) groups is 1. The molecule has 0 bridgehead atoms. The van der Waals surface area contributed by atoms with Gasteiger partial charge >= 0.3 is 12.4 Å². The lowest BCUT2D eigenvalue weighted by Crippen LogP contribution is -2.20. The number of benzene rings is 1. The van der Waals surface area contributed by atoms with Gasteiger partial charge in [0.15, 0.2) is 0 Å². The maximum Gasteiger partial charge on any atom is 0.419 e. The fourth-order valence-corrected chi connectivity index (χ4v) is 3.39. The van der Waals surface area contributed by atoms with Gasteiger partial charge in [-0.2, -0.15) is 26.3 Å². The number of fused-ring (bicyclic) bond motifs is 1. The highest BCUT2D eigenvalue weighted by atomic mass is 19.4. The Hall–Kier alpha value is -4.29. The molecule has 0 radical (unpaired) electrons. The number of aromatic nitrogens is 4. The highest BCUT2D eigenvalue weighted by molar-refractivity contribution is 5.94. The summed E-state index contributed by atoms with van der Waals surface area (Å²) in [6.07, 6.45) is -5.72. The molecule has 4 rings (SSSR count). The smallest absolute Gasteiger partial charge is 0.359 e. The predicted molar refractivity (Wildman–Crippen MR) is 118 cm³/mol. The lowest BCUT2D eigenvalue weighted by Gasteiger charge is -2.15. The Kier molecular flexibility index (Phi) is 6.48. The summed E-state index contributed by atoms with van der Waals surface area (Å²) in [5, 5.41) is 5.60. The Labute approximate surface area is 199 Å². The molecule has 3 heterocycles. The Morgan fingerprint density at radius 1 is 0.889 bits per heavy atom. The van der Waals surface area contributed by atoms with Gasteiger partial charge in [-0.3, -0.25) is 14.8 Å². The number of nitrogens with one attached hydrogen (secondary N) is 2. The van der Waals surface area contributed by atoms with Crippen molar-refractivity contribution in [3.8, 4) is 11.3 Å². The normalized spacial score (nSPS) is 12.0. The fraction of sp³-hybridized carbons (Fsp3) is 0.174. The number of anilines is 2. The highest BCUT2D eigenvalue weighted by Crippen LogP contribution is 2.38. The number of hydrogen-bond acceptors (Lipinski definition) is 6. The van der Waals surface area contributed by atoms with Gasteiger partial charge in [0.25, 0.3) is 0 Å². The number of likely N-dealkylation sites (N-methyl/N-ethyl adjacent to an activating group) is 1. The van der Waals surface area contributed by atoms with Gasteiger partial charge in [-0.25, -0.2) is 9.97 Å². The van der Waals surface area contributed by atoms with Crippen molar-refractivity contribution in [2.75, 3.05) is 12.4 Å². The van der Waals surface area contributed by atoms with Gasteiger partial charge in [-0.15, -0.1) is 0 Å². The number of hydrogen-bond donors (Lipinski definition) is 2. The van der Waals surface area contributed by atoms with Crippen LogP contribution in [0.4, 0.5) is 38.0 Å². The molecule has 0 atom stereocenters. The van der Waals surface area contributed by atoms with Gasteiger partial charge < -0.3 is 10.6 Å². The summed E-state index contributed by atoms with van der Waals surface area (Å²) in [5.74, 6) is -0.558.